The SMILES string of the molecule is O=C(N[C@@H]1CCN(C(=O)CCCn2cncn2)C[C@H]1O)c1ccccc1. The Hall–Kier alpha value is -2.74. The van der Waals surface area contributed by atoms with Gasteiger partial charge >= 0.3 is 0 Å². The topological polar surface area (TPSA) is 100 Å². The first-order valence-corrected chi connectivity index (χ1v) is 8.77. The molecule has 0 unspecified atom stereocenters. The Morgan fingerprint density at radius 3 is 2.77 bits per heavy atom. The highest BCUT2D eigenvalue weighted by Gasteiger charge is 2.31. The highest BCUT2D eigenvalue weighted by Crippen LogP contribution is 2.14. The molecule has 1 aliphatic rings. The van der Waals surface area contributed by atoms with E-state index in [1.54, 1.807) is 40.2 Å². The van der Waals surface area contributed by atoms with Crippen LogP contribution in [0.1, 0.15) is 29.6 Å². The van der Waals surface area contributed by atoms with Gasteiger partial charge in [-0.15, -0.1) is 0 Å². The molecule has 1 aromatic carbocycles. The third kappa shape index (κ3) is 4.66. The molecule has 2 amide bonds. The van der Waals surface area contributed by atoms with E-state index in [0.29, 0.717) is 37.9 Å². The van der Waals surface area contributed by atoms with Crippen molar-refractivity contribution in [2.75, 3.05) is 13.1 Å². The Morgan fingerprint density at radius 2 is 2.08 bits per heavy atom. The minimum atomic E-state index is -0.768. The summed E-state index contributed by atoms with van der Waals surface area (Å²) < 4.78 is 1.69. The first-order valence-electron chi connectivity index (χ1n) is 8.77. The zero-order chi connectivity index (χ0) is 18.4. The number of piperidine rings is 1. The van der Waals surface area contributed by atoms with E-state index in [1.165, 1.54) is 6.33 Å². The lowest BCUT2D eigenvalue weighted by atomic mass is 10.0. The normalized spacial score (nSPS) is 20.0. The van der Waals surface area contributed by atoms with Gasteiger partial charge in [0.1, 0.15) is 12.7 Å². The number of aliphatic hydroxyl groups is 1. The molecule has 1 aromatic heterocycles. The lowest BCUT2D eigenvalue weighted by Gasteiger charge is -2.36. The number of aromatic nitrogens is 3. The first kappa shape index (κ1) is 18.1. The van der Waals surface area contributed by atoms with Crippen molar-refractivity contribution >= 4 is 11.8 Å². The molecule has 2 atom stereocenters. The second-order valence-corrected chi connectivity index (χ2v) is 6.40. The summed E-state index contributed by atoms with van der Waals surface area (Å²) in [6.07, 6.45) is 3.92. The summed E-state index contributed by atoms with van der Waals surface area (Å²) in [7, 11) is 0. The zero-order valence-electron chi connectivity index (χ0n) is 14.5. The van der Waals surface area contributed by atoms with Crippen molar-refractivity contribution in [2.45, 2.75) is 38.0 Å². The summed E-state index contributed by atoms with van der Waals surface area (Å²) in [6, 6.07) is 8.56. The molecule has 1 saturated heterocycles. The monoisotopic (exact) mass is 357 g/mol. The molecule has 2 heterocycles. The lowest BCUT2D eigenvalue weighted by Crippen LogP contribution is -2.55. The molecule has 26 heavy (non-hydrogen) atoms. The second-order valence-electron chi connectivity index (χ2n) is 6.40. The number of likely N-dealkylation sites (tertiary alicyclic amines) is 1. The van der Waals surface area contributed by atoms with Gasteiger partial charge in [0.15, 0.2) is 0 Å². The zero-order valence-corrected chi connectivity index (χ0v) is 14.5. The molecule has 0 saturated carbocycles. The van der Waals surface area contributed by atoms with Crippen molar-refractivity contribution in [1.82, 2.24) is 25.0 Å². The fraction of sp³-hybridized carbons (Fsp3) is 0.444. The minimum Gasteiger partial charge on any atom is -0.389 e. The standard InChI is InChI=1S/C18H23N5O3/c24-16-11-22(17(25)7-4-9-23-13-19-12-20-23)10-8-15(16)21-18(26)14-5-2-1-3-6-14/h1-3,5-6,12-13,15-16,24H,4,7-11H2,(H,21,26)/t15-,16-/m1/s1. The molecule has 0 aliphatic carbocycles. The van der Waals surface area contributed by atoms with Crippen LogP contribution in [-0.2, 0) is 11.3 Å². The smallest absolute Gasteiger partial charge is 0.251 e. The number of nitrogens with one attached hydrogen (secondary N) is 1. The number of aryl methyl sites for hydroxylation is 1. The molecule has 2 N–H and O–H groups in total. The van der Waals surface area contributed by atoms with Crippen molar-refractivity contribution in [3.8, 4) is 0 Å². The molecule has 0 radical (unpaired) electrons. The minimum absolute atomic E-state index is 0.0111. The fourth-order valence-electron chi connectivity index (χ4n) is 3.07. The molecule has 2 aromatic rings. The van der Waals surface area contributed by atoms with E-state index in [0.717, 1.165) is 0 Å². The number of aliphatic hydroxyl groups excluding tert-OH is 1. The van der Waals surface area contributed by atoms with Gasteiger partial charge in [-0.1, -0.05) is 18.2 Å². The summed E-state index contributed by atoms with van der Waals surface area (Å²) in [6.45, 7) is 1.40. The summed E-state index contributed by atoms with van der Waals surface area (Å²) in [5.74, 6) is -0.195. The van der Waals surface area contributed by atoms with Crippen LogP contribution >= 0.6 is 0 Å². The van der Waals surface area contributed by atoms with Crippen LogP contribution in [0.3, 0.4) is 0 Å². The van der Waals surface area contributed by atoms with Gasteiger partial charge in [0.25, 0.3) is 5.91 Å². The van der Waals surface area contributed by atoms with E-state index in [1.807, 2.05) is 6.07 Å². The van der Waals surface area contributed by atoms with Crippen LogP contribution < -0.4 is 5.32 Å². The summed E-state index contributed by atoms with van der Waals surface area (Å²) in [5.41, 5.74) is 0.561. The van der Waals surface area contributed by atoms with Crippen molar-refractivity contribution < 1.29 is 14.7 Å². The van der Waals surface area contributed by atoms with Gasteiger partial charge in [0, 0.05) is 31.6 Å². The Morgan fingerprint density at radius 1 is 1.27 bits per heavy atom. The highest BCUT2D eigenvalue weighted by molar-refractivity contribution is 5.94. The van der Waals surface area contributed by atoms with Crippen molar-refractivity contribution in [3.63, 3.8) is 0 Å². The van der Waals surface area contributed by atoms with E-state index in [9.17, 15) is 14.7 Å². The number of hydrogen-bond acceptors (Lipinski definition) is 5. The van der Waals surface area contributed by atoms with Gasteiger partial charge in [-0.2, -0.15) is 5.10 Å². The molecule has 138 valence electrons. The summed E-state index contributed by atoms with van der Waals surface area (Å²) in [4.78, 5) is 30.0. The lowest BCUT2D eigenvalue weighted by molar-refractivity contribution is -0.134. The van der Waals surface area contributed by atoms with Gasteiger partial charge in [0.2, 0.25) is 5.91 Å². The van der Waals surface area contributed by atoms with Crippen LogP contribution in [-0.4, -0.2) is 61.8 Å². The van der Waals surface area contributed by atoms with Crippen molar-refractivity contribution in [3.05, 3.63) is 48.5 Å². The van der Waals surface area contributed by atoms with Gasteiger partial charge in [-0.05, 0) is 25.0 Å². The number of benzene rings is 1. The third-order valence-electron chi connectivity index (χ3n) is 4.53. The predicted octanol–water partition coefficient (Wildman–Crippen LogP) is 0.450. The quantitative estimate of drug-likeness (QED) is 0.782. The second kappa shape index (κ2) is 8.57. The van der Waals surface area contributed by atoms with Crippen LogP contribution in [0.25, 0.3) is 0 Å². The molecule has 0 spiro atoms. The van der Waals surface area contributed by atoms with Crippen LogP contribution in [0.2, 0.25) is 0 Å². The Balaban J connectivity index is 1.44. The molecule has 1 fully saturated rings. The molecular formula is C18H23N5O3. The Kier molecular flexibility index (Phi) is 5.96. The molecular weight excluding hydrogens is 334 g/mol. The van der Waals surface area contributed by atoms with Crippen LogP contribution in [0, 0.1) is 0 Å². The number of amides is 2. The van der Waals surface area contributed by atoms with Gasteiger partial charge in [0.05, 0.1) is 12.1 Å². The van der Waals surface area contributed by atoms with Crippen molar-refractivity contribution in [2.24, 2.45) is 0 Å². The number of hydrogen-bond donors (Lipinski definition) is 2. The van der Waals surface area contributed by atoms with Gasteiger partial charge in [-0.25, -0.2) is 4.98 Å². The molecule has 1 aliphatic heterocycles. The van der Waals surface area contributed by atoms with Crippen molar-refractivity contribution in [1.29, 1.82) is 0 Å². The molecule has 3 rings (SSSR count). The number of carbonyl (C=O) groups is 2. The van der Waals surface area contributed by atoms with Crippen LogP contribution in [0.15, 0.2) is 43.0 Å². The van der Waals surface area contributed by atoms with E-state index in [2.05, 4.69) is 15.4 Å². The predicted molar refractivity (Wildman–Crippen MR) is 94.2 cm³/mol. The van der Waals surface area contributed by atoms with Crippen LogP contribution in [0.4, 0.5) is 0 Å². The molecule has 8 heteroatoms. The number of carbonyl (C=O) groups excluding carboxylic acids is 2. The van der Waals surface area contributed by atoms with Crippen LogP contribution in [0.5, 0.6) is 0 Å². The maximum atomic E-state index is 12.3. The average Bonchev–Trinajstić information content (AvgIpc) is 3.17. The number of nitrogens with zero attached hydrogens (tertiary/aromatic N) is 4. The fourth-order valence-corrected chi connectivity index (χ4v) is 3.07. The maximum absolute atomic E-state index is 12.3. The van der Waals surface area contributed by atoms with E-state index >= 15 is 0 Å². The highest BCUT2D eigenvalue weighted by atomic mass is 16.3. The largest absolute Gasteiger partial charge is 0.389 e. The average molecular weight is 357 g/mol. The number of rotatable bonds is 6. The van der Waals surface area contributed by atoms with E-state index in [4.69, 9.17) is 0 Å². The van der Waals surface area contributed by atoms with E-state index < -0.39 is 6.10 Å². The number of β-amino-alcohol motifs (C(OH)–C–C–N with tert-alkyl or cyclic N) is 1. The third-order valence-corrected chi connectivity index (χ3v) is 4.53. The Bertz CT molecular complexity index is 720. The van der Waals surface area contributed by atoms with E-state index in [-0.39, 0.29) is 24.4 Å². The maximum Gasteiger partial charge on any atom is 0.251 e. The molecule has 0 bridgehead atoms. The van der Waals surface area contributed by atoms with Gasteiger partial charge in [-0.3, -0.25) is 14.3 Å². The Labute approximate surface area is 151 Å². The first-order chi connectivity index (χ1) is 12.6. The molecule has 8 nitrogen and oxygen atoms in total. The van der Waals surface area contributed by atoms with Gasteiger partial charge < -0.3 is 15.3 Å². The summed E-state index contributed by atoms with van der Waals surface area (Å²) >= 11 is 0. The summed E-state index contributed by atoms with van der Waals surface area (Å²) in [5, 5.41) is 17.2.